The van der Waals surface area contributed by atoms with E-state index >= 15 is 0 Å². The van der Waals surface area contributed by atoms with Crippen molar-refractivity contribution in [2.75, 3.05) is 0 Å². The highest BCUT2D eigenvalue weighted by molar-refractivity contribution is 8.19. The summed E-state index contributed by atoms with van der Waals surface area (Å²) in [5.74, 6) is 0.0194. The van der Waals surface area contributed by atoms with Gasteiger partial charge in [0, 0.05) is 11.6 Å². The van der Waals surface area contributed by atoms with Gasteiger partial charge in [0.25, 0.3) is 0 Å². The van der Waals surface area contributed by atoms with Gasteiger partial charge in [-0.2, -0.15) is 0 Å². The molecule has 1 N–H and O–H groups in total. The third-order valence-electron chi connectivity index (χ3n) is 2.50. The van der Waals surface area contributed by atoms with E-state index in [2.05, 4.69) is 4.98 Å². The average Bonchev–Trinajstić information content (AvgIpc) is 3.03. The fraction of sp³-hybridized carbons (Fsp3) is 0.0833. The number of thiazole rings is 1. The standard InChI is InChI=1S/C12H8N2O2S2/c13-11-9(12-14-3-5-17-12)10(15)8(18-11)6-7-2-1-4-16-7/h1-6,9,13H/b8-6-,13-11?/t9-/m0/s1. The first-order valence-corrected chi connectivity index (χ1v) is 6.90. The fourth-order valence-electron chi connectivity index (χ4n) is 1.69. The number of carbonyl (C=O) groups is 1. The molecule has 18 heavy (non-hydrogen) atoms. The summed E-state index contributed by atoms with van der Waals surface area (Å²) in [6.07, 6.45) is 4.88. The molecule has 0 spiro atoms. The van der Waals surface area contributed by atoms with Crippen LogP contribution in [0.3, 0.4) is 0 Å². The number of carbonyl (C=O) groups excluding carboxylic acids is 1. The first-order chi connectivity index (χ1) is 8.75. The van der Waals surface area contributed by atoms with Crippen LogP contribution in [0.5, 0.6) is 0 Å². The first-order valence-electron chi connectivity index (χ1n) is 5.21. The highest BCUT2D eigenvalue weighted by Gasteiger charge is 2.38. The molecule has 2 aromatic heterocycles. The monoisotopic (exact) mass is 276 g/mol. The van der Waals surface area contributed by atoms with E-state index in [4.69, 9.17) is 9.83 Å². The summed E-state index contributed by atoms with van der Waals surface area (Å²) < 4.78 is 5.18. The molecule has 6 heteroatoms. The third-order valence-corrected chi connectivity index (χ3v) is 4.34. The number of Topliss-reactive ketones (excluding diaryl/α,β-unsaturated/α-hetero) is 1. The highest BCUT2D eigenvalue weighted by atomic mass is 32.2. The predicted octanol–water partition coefficient (Wildman–Crippen LogP) is 3.15. The van der Waals surface area contributed by atoms with Crippen molar-refractivity contribution in [3.05, 3.63) is 45.6 Å². The van der Waals surface area contributed by atoms with Gasteiger partial charge in [-0.25, -0.2) is 4.98 Å². The van der Waals surface area contributed by atoms with E-state index in [1.54, 1.807) is 30.7 Å². The maximum absolute atomic E-state index is 12.2. The Morgan fingerprint density at radius 2 is 2.39 bits per heavy atom. The van der Waals surface area contributed by atoms with E-state index in [9.17, 15) is 4.79 Å². The lowest BCUT2D eigenvalue weighted by Crippen LogP contribution is -2.11. The summed E-state index contributed by atoms with van der Waals surface area (Å²) in [6, 6.07) is 3.54. The minimum Gasteiger partial charge on any atom is -0.465 e. The number of allylic oxidation sites excluding steroid dienone is 1. The van der Waals surface area contributed by atoms with Crippen LogP contribution in [0.15, 0.2) is 39.3 Å². The van der Waals surface area contributed by atoms with Crippen LogP contribution >= 0.6 is 23.1 Å². The van der Waals surface area contributed by atoms with Gasteiger partial charge in [-0.3, -0.25) is 10.2 Å². The normalized spacial score (nSPS) is 22.0. The fourth-order valence-corrected chi connectivity index (χ4v) is 3.48. The van der Waals surface area contributed by atoms with Crippen molar-refractivity contribution in [3.8, 4) is 0 Å². The number of furan rings is 1. The Hall–Kier alpha value is -1.66. The summed E-state index contributed by atoms with van der Waals surface area (Å²) in [4.78, 5) is 16.9. The zero-order valence-electron chi connectivity index (χ0n) is 9.12. The van der Waals surface area contributed by atoms with E-state index in [0.29, 0.717) is 20.7 Å². The van der Waals surface area contributed by atoms with Crippen molar-refractivity contribution < 1.29 is 9.21 Å². The molecule has 1 saturated heterocycles. The lowest BCUT2D eigenvalue weighted by atomic mass is 10.1. The number of nitrogens with one attached hydrogen (secondary N) is 1. The Morgan fingerprint density at radius 1 is 1.50 bits per heavy atom. The third kappa shape index (κ3) is 1.93. The SMILES string of the molecule is N=C1S/C(=C\c2ccco2)C(=O)[C@@H]1c1nccs1. The number of thioether (sulfide) groups is 1. The second-order valence-corrected chi connectivity index (χ2v) is 5.67. The number of rotatable bonds is 2. The maximum Gasteiger partial charge on any atom is 0.186 e. The van der Waals surface area contributed by atoms with Gasteiger partial charge in [-0.1, -0.05) is 11.8 Å². The van der Waals surface area contributed by atoms with E-state index in [1.807, 2.05) is 5.38 Å². The molecule has 1 fully saturated rings. The van der Waals surface area contributed by atoms with Gasteiger partial charge >= 0.3 is 0 Å². The Bertz CT molecular complexity index is 615. The molecule has 0 aromatic carbocycles. The molecule has 1 atom stereocenters. The molecular formula is C12H8N2O2S2. The predicted molar refractivity (Wildman–Crippen MR) is 71.9 cm³/mol. The van der Waals surface area contributed by atoms with Crippen LogP contribution in [-0.4, -0.2) is 15.8 Å². The minimum absolute atomic E-state index is 0.0728. The average molecular weight is 276 g/mol. The Morgan fingerprint density at radius 3 is 3.06 bits per heavy atom. The summed E-state index contributed by atoms with van der Waals surface area (Å²) >= 11 is 2.58. The number of ketones is 1. The van der Waals surface area contributed by atoms with Crippen molar-refractivity contribution in [2.45, 2.75) is 5.92 Å². The molecule has 1 aliphatic rings. The van der Waals surface area contributed by atoms with E-state index in [1.165, 1.54) is 23.1 Å². The Balaban J connectivity index is 1.94. The number of hydrogen-bond donors (Lipinski definition) is 1. The van der Waals surface area contributed by atoms with Crippen molar-refractivity contribution in [3.63, 3.8) is 0 Å². The zero-order valence-corrected chi connectivity index (χ0v) is 10.8. The number of hydrogen-bond acceptors (Lipinski definition) is 6. The molecule has 1 aliphatic heterocycles. The lowest BCUT2D eigenvalue weighted by Gasteiger charge is -2.00. The van der Waals surface area contributed by atoms with Gasteiger partial charge in [0.1, 0.15) is 16.7 Å². The van der Waals surface area contributed by atoms with E-state index in [0.717, 1.165) is 0 Å². The van der Waals surface area contributed by atoms with Gasteiger partial charge in [0.2, 0.25) is 0 Å². The summed E-state index contributed by atoms with van der Waals surface area (Å²) in [6.45, 7) is 0. The molecule has 0 unspecified atom stereocenters. The maximum atomic E-state index is 12.2. The van der Waals surface area contributed by atoms with Gasteiger partial charge < -0.3 is 4.42 Å². The van der Waals surface area contributed by atoms with Crippen LogP contribution in [0.1, 0.15) is 16.7 Å². The van der Waals surface area contributed by atoms with Gasteiger partial charge in [0.15, 0.2) is 5.78 Å². The molecule has 3 rings (SSSR count). The molecule has 0 aliphatic carbocycles. The summed E-state index contributed by atoms with van der Waals surface area (Å²) in [5.41, 5.74) is 0. The van der Waals surface area contributed by atoms with Crippen LogP contribution in [0, 0.1) is 5.41 Å². The Kier molecular flexibility index (Phi) is 2.89. The molecule has 3 heterocycles. The summed E-state index contributed by atoms with van der Waals surface area (Å²) in [5, 5.41) is 10.7. The number of nitrogens with zero attached hydrogens (tertiary/aromatic N) is 1. The van der Waals surface area contributed by atoms with Crippen LogP contribution < -0.4 is 0 Å². The van der Waals surface area contributed by atoms with E-state index in [-0.39, 0.29) is 5.78 Å². The zero-order chi connectivity index (χ0) is 12.5. The topological polar surface area (TPSA) is 67.0 Å². The molecule has 0 bridgehead atoms. The molecule has 0 radical (unpaired) electrons. The second kappa shape index (κ2) is 4.55. The molecule has 90 valence electrons. The van der Waals surface area contributed by atoms with E-state index < -0.39 is 5.92 Å². The molecular weight excluding hydrogens is 268 g/mol. The van der Waals surface area contributed by atoms with Crippen LogP contribution in [0.2, 0.25) is 0 Å². The van der Waals surface area contributed by atoms with Gasteiger partial charge in [-0.05, 0) is 18.2 Å². The number of aromatic nitrogens is 1. The second-order valence-electron chi connectivity index (χ2n) is 3.66. The van der Waals surface area contributed by atoms with Crippen LogP contribution in [-0.2, 0) is 4.79 Å². The first kappa shape index (κ1) is 11.4. The van der Waals surface area contributed by atoms with Crippen LogP contribution in [0.25, 0.3) is 6.08 Å². The highest BCUT2D eigenvalue weighted by Crippen LogP contribution is 2.41. The van der Waals surface area contributed by atoms with Crippen molar-refractivity contribution in [1.82, 2.24) is 4.98 Å². The van der Waals surface area contributed by atoms with Crippen molar-refractivity contribution >= 4 is 40.0 Å². The van der Waals surface area contributed by atoms with Crippen LogP contribution in [0.4, 0.5) is 0 Å². The minimum atomic E-state index is -0.531. The largest absolute Gasteiger partial charge is 0.465 e. The summed E-state index contributed by atoms with van der Waals surface area (Å²) in [7, 11) is 0. The smallest absolute Gasteiger partial charge is 0.186 e. The quantitative estimate of drug-likeness (QED) is 0.856. The van der Waals surface area contributed by atoms with Gasteiger partial charge in [-0.15, -0.1) is 11.3 Å². The Labute approximate surface area is 111 Å². The molecule has 4 nitrogen and oxygen atoms in total. The molecule has 2 aromatic rings. The van der Waals surface area contributed by atoms with Gasteiger partial charge in [0.05, 0.1) is 16.2 Å². The molecule has 0 amide bonds. The molecule has 0 saturated carbocycles. The lowest BCUT2D eigenvalue weighted by molar-refractivity contribution is -0.114. The van der Waals surface area contributed by atoms with Crippen molar-refractivity contribution in [2.24, 2.45) is 0 Å². The van der Waals surface area contributed by atoms with Crippen molar-refractivity contribution in [1.29, 1.82) is 5.41 Å².